The number of rotatable bonds is 6. The van der Waals surface area contributed by atoms with E-state index in [1.807, 2.05) is 88.9 Å². The number of nitrogens with one attached hydrogen (secondary N) is 2. The van der Waals surface area contributed by atoms with E-state index in [-0.39, 0.29) is 24.8 Å². The first-order chi connectivity index (χ1) is 15.7. The van der Waals surface area contributed by atoms with Crippen LogP contribution in [0.3, 0.4) is 0 Å². The minimum absolute atomic E-state index is 0.0807. The van der Waals surface area contributed by atoms with Crippen molar-refractivity contribution in [1.29, 1.82) is 0 Å². The van der Waals surface area contributed by atoms with E-state index in [9.17, 15) is 9.59 Å². The molecule has 5 rings (SSSR count). The van der Waals surface area contributed by atoms with Gasteiger partial charge in [0.05, 0.1) is 18.7 Å². The Kier molecular flexibility index (Phi) is 5.39. The number of hydrogen-bond donors (Lipinski definition) is 2. The summed E-state index contributed by atoms with van der Waals surface area (Å²) in [6.07, 6.45) is 4.18. The second-order valence-electron chi connectivity index (χ2n) is 7.44. The zero-order valence-electron chi connectivity index (χ0n) is 17.1. The van der Waals surface area contributed by atoms with E-state index in [1.54, 1.807) is 11.3 Å². The fourth-order valence-corrected chi connectivity index (χ4v) is 4.36. The molecular weight excluding hydrogens is 420 g/mol. The average molecular weight is 441 g/mol. The summed E-state index contributed by atoms with van der Waals surface area (Å²) in [5, 5.41) is 9.65. The van der Waals surface area contributed by atoms with Crippen LogP contribution in [0.25, 0.3) is 27.0 Å². The first-order valence-electron chi connectivity index (χ1n) is 10.2. The Hall–Kier alpha value is -3.97. The lowest BCUT2D eigenvalue weighted by atomic mass is 10.0. The van der Waals surface area contributed by atoms with Gasteiger partial charge in [-0.05, 0) is 28.5 Å². The van der Waals surface area contributed by atoms with Gasteiger partial charge in [-0.3, -0.25) is 14.0 Å². The summed E-state index contributed by atoms with van der Waals surface area (Å²) >= 11 is 1.58. The Morgan fingerprint density at radius 1 is 0.938 bits per heavy atom. The molecule has 0 fully saturated rings. The summed E-state index contributed by atoms with van der Waals surface area (Å²) in [5.74, 6) is -0.460. The van der Waals surface area contributed by atoms with Gasteiger partial charge in [0.1, 0.15) is 0 Å². The third-order valence-corrected chi connectivity index (χ3v) is 6.01. The maximum atomic E-state index is 12.4. The van der Waals surface area contributed by atoms with E-state index < -0.39 is 0 Å². The van der Waals surface area contributed by atoms with Crippen LogP contribution >= 0.6 is 11.3 Å². The predicted molar refractivity (Wildman–Crippen MR) is 128 cm³/mol. The molecule has 0 saturated heterocycles. The first-order valence-corrected chi connectivity index (χ1v) is 11.1. The zero-order valence-corrected chi connectivity index (χ0v) is 17.9. The van der Waals surface area contributed by atoms with Gasteiger partial charge in [0.25, 0.3) is 0 Å². The molecule has 7 heteroatoms. The maximum absolute atomic E-state index is 12.4. The number of anilines is 1. The van der Waals surface area contributed by atoms with Gasteiger partial charge in [0.2, 0.25) is 11.8 Å². The summed E-state index contributed by atoms with van der Waals surface area (Å²) in [7, 11) is 0. The van der Waals surface area contributed by atoms with Crippen molar-refractivity contribution in [3.8, 4) is 11.3 Å². The minimum Gasteiger partial charge on any atom is -0.347 e. The second kappa shape index (κ2) is 8.64. The average Bonchev–Trinajstić information content (AvgIpc) is 3.41. The van der Waals surface area contributed by atoms with Gasteiger partial charge >= 0.3 is 0 Å². The monoisotopic (exact) mass is 440 g/mol. The lowest BCUT2D eigenvalue weighted by Gasteiger charge is -2.09. The predicted octanol–water partition coefficient (Wildman–Crippen LogP) is 4.51. The molecular formula is C25H20N4O2S. The van der Waals surface area contributed by atoms with Crippen molar-refractivity contribution in [2.75, 3.05) is 11.9 Å². The van der Waals surface area contributed by atoms with Crippen LogP contribution in [0.5, 0.6) is 0 Å². The Morgan fingerprint density at radius 3 is 2.59 bits per heavy atom. The van der Waals surface area contributed by atoms with Gasteiger partial charge in [0, 0.05) is 29.0 Å². The Balaban J connectivity index is 1.16. The van der Waals surface area contributed by atoms with Crippen LogP contribution in [-0.4, -0.2) is 27.7 Å². The highest BCUT2D eigenvalue weighted by molar-refractivity contribution is 7.15. The Labute approximate surface area is 188 Å². The highest BCUT2D eigenvalue weighted by Gasteiger charge is 2.10. The number of hydrogen-bond acceptors (Lipinski definition) is 4. The van der Waals surface area contributed by atoms with Crippen molar-refractivity contribution in [2.45, 2.75) is 6.42 Å². The van der Waals surface area contributed by atoms with Crippen LogP contribution in [0.4, 0.5) is 5.69 Å². The van der Waals surface area contributed by atoms with Crippen LogP contribution in [-0.2, 0) is 16.0 Å². The second-order valence-corrected chi connectivity index (χ2v) is 8.31. The van der Waals surface area contributed by atoms with E-state index in [4.69, 9.17) is 0 Å². The topological polar surface area (TPSA) is 75.5 Å². The summed E-state index contributed by atoms with van der Waals surface area (Å²) in [5.41, 5.74) is 3.47. The van der Waals surface area contributed by atoms with Crippen molar-refractivity contribution in [3.63, 3.8) is 0 Å². The van der Waals surface area contributed by atoms with Crippen molar-refractivity contribution >= 4 is 44.6 Å². The van der Waals surface area contributed by atoms with Gasteiger partial charge in [-0.1, -0.05) is 54.6 Å². The van der Waals surface area contributed by atoms with Crippen molar-refractivity contribution in [2.24, 2.45) is 0 Å². The summed E-state index contributed by atoms with van der Waals surface area (Å²) in [6, 6.07) is 21.3. The lowest BCUT2D eigenvalue weighted by molar-refractivity contribution is -0.123. The van der Waals surface area contributed by atoms with Gasteiger partial charge in [-0.25, -0.2) is 4.98 Å². The van der Waals surface area contributed by atoms with E-state index >= 15 is 0 Å². The van der Waals surface area contributed by atoms with Gasteiger partial charge in [-0.15, -0.1) is 11.3 Å². The summed E-state index contributed by atoms with van der Waals surface area (Å²) < 4.78 is 1.98. The van der Waals surface area contributed by atoms with Crippen LogP contribution < -0.4 is 10.6 Å². The van der Waals surface area contributed by atoms with E-state index in [2.05, 4.69) is 15.6 Å². The summed E-state index contributed by atoms with van der Waals surface area (Å²) in [4.78, 5) is 30.2. The fraction of sp³-hybridized carbons (Fsp3) is 0.0800. The van der Waals surface area contributed by atoms with Crippen molar-refractivity contribution in [3.05, 3.63) is 90.1 Å². The molecule has 0 aliphatic carbocycles. The number of imidazole rings is 1. The molecule has 2 N–H and O–H groups in total. The van der Waals surface area contributed by atoms with Crippen LogP contribution in [0, 0.1) is 0 Å². The highest BCUT2D eigenvalue weighted by Crippen LogP contribution is 2.23. The number of nitrogens with zero attached hydrogens (tertiary/aromatic N) is 2. The normalized spacial score (nSPS) is 11.0. The third-order valence-electron chi connectivity index (χ3n) is 5.23. The van der Waals surface area contributed by atoms with E-state index in [0.29, 0.717) is 5.69 Å². The van der Waals surface area contributed by atoms with Crippen LogP contribution in [0.2, 0.25) is 0 Å². The molecule has 6 nitrogen and oxygen atoms in total. The van der Waals surface area contributed by atoms with Gasteiger partial charge < -0.3 is 10.6 Å². The lowest BCUT2D eigenvalue weighted by Crippen LogP contribution is -2.33. The SMILES string of the molecule is O=C(Cc1cccc2ccccc12)NCC(=O)Nc1ccc(-c2cn3ccsc3n2)cc1. The molecule has 3 aromatic carbocycles. The molecule has 5 aromatic rings. The first kappa shape index (κ1) is 20.0. The quantitative estimate of drug-likeness (QED) is 0.408. The number of carbonyl (C=O) groups is 2. The number of benzene rings is 3. The molecule has 158 valence electrons. The summed E-state index contributed by atoms with van der Waals surface area (Å²) in [6.45, 7) is -0.0807. The van der Waals surface area contributed by atoms with Gasteiger partial charge in [0.15, 0.2) is 4.96 Å². The number of fused-ring (bicyclic) bond motifs is 2. The van der Waals surface area contributed by atoms with Crippen LogP contribution in [0.15, 0.2) is 84.5 Å². The number of carbonyl (C=O) groups excluding carboxylic acids is 2. The highest BCUT2D eigenvalue weighted by atomic mass is 32.1. The van der Waals surface area contributed by atoms with Crippen molar-refractivity contribution < 1.29 is 9.59 Å². The standard InChI is InChI=1S/C25H20N4O2S/c30-23(14-19-6-3-5-17-4-1-2-7-21(17)19)26-15-24(31)27-20-10-8-18(9-11-20)22-16-29-12-13-32-25(29)28-22/h1-13,16H,14-15H2,(H,26,30)(H,27,31). The molecule has 32 heavy (non-hydrogen) atoms. The molecule has 0 atom stereocenters. The molecule has 2 aromatic heterocycles. The minimum atomic E-state index is -0.272. The fourth-order valence-electron chi connectivity index (χ4n) is 3.66. The molecule has 0 unspecified atom stereocenters. The molecule has 0 bridgehead atoms. The van der Waals surface area contributed by atoms with E-state index in [0.717, 1.165) is 32.6 Å². The molecule has 2 amide bonds. The molecule has 2 heterocycles. The molecule has 0 saturated carbocycles. The molecule has 0 radical (unpaired) electrons. The molecule has 0 spiro atoms. The number of aromatic nitrogens is 2. The molecule has 0 aliphatic rings. The Bertz CT molecular complexity index is 1390. The largest absolute Gasteiger partial charge is 0.347 e. The number of amides is 2. The smallest absolute Gasteiger partial charge is 0.243 e. The molecule has 0 aliphatic heterocycles. The third kappa shape index (κ3) is 4.24. The van der Waals surface area contributed by atoms with E-state index in [1.165, 1.54) is 0 Å². The van der Waals surface area contributed by atoms with Crippen molar-refractivity contribution in [1.82, 2.24) is 14.7 Å². The van der Waals surface area contributed by atoms with Crippen LogP contribution in [0.1, 0.15) is 5.56 Å². The zero-order chi connectivity index (χ0) is 21.9. The maximum Gasteiger partial charge on any atom is 0.243 e. The Morgan fingerprint density at radius 2 is 1.75 bits per heavy atom. The van der Waals surface area contributed by atoms with Gasteiger partial charge in [-0.2, -0.15) is 0 Å². The number of thiazole rings is 1.